The number of hydrogen-bond donors (Lipinski definition) is 0. The first kappa shape index (κ1) is 16.6. The lowest BCUT2D eigenvalue weighted by atomic mass is 10.1. The smallest absolute Gasteiger partial charge is 0.133 e. The van der Waals surface area contributed by atoms with Crippen molar-refractivity contribution in [2.75, 3.05) is 0 Å². The van der Waals surface area contributed by atoms with Gasteiger partial charge >= 0.3 is 0 Å². The summed E-state index contributed by atoms with van der Waals surface area (Å²) in [5, 5.41) is 1.82. The molecule has 4 aromatic carbocycles. The highest BCUT2D eigenvalue weighted by molar-refractivity contribution is 7.62. The maximum Gasteiger partial charge on any atom is 0.133 e. The van der Waals surface area contributed by atoms with Crippen LogP contribution in [0.3, 0.4) is 0 Å². The van der Waals surface area contributed by atoms with Gasteiger partial charge in [0.05, 0.1) is 0 Å². The van der Waals surface area contributed by atoms with Gasteiger partial charge < -0.3 is 4.57 Å². The predicted molar refractivity (Wildman–Crippen MR) is 112 cm³/mol. The first-order valence-electron chi connectivity index (χ1n) is 8.68. The van der Waals surface area contributed by atoms with Crippen LogP contribution in [-0.4, -0.2) is 0 Å². The molecule has 1 nitrogen and oxygen atoms in total. The van der Waals surface area contributed by atoms with E-state index in [4.69, 9.17) is 0 Å². The Balaban J connectivity index is 1.84. The quantitative estimate of drug-likeness (QED) is 0.440. The van der Waals surface area contributed by atoms with Crippen LogP contribution in [0.2, 0.25) is 0 Å². The second-order valence-corrected chi connectivity index (χ2v) is 7.89. The topological polar surface area (TPSA) is 17.1 Å². The van der Waals surface area contributed by atoms with Gasteiger partial charge in [-0.05, 0) is 22.3 Å². The van der Waals surface area contributed by atoms with Crippen molar-refractivity contribution in [2.45, 2.75) is 0 Å². The van der Waals surface area contributed by atoms with Gasteiger partial charge in [-0.15, -0.1) is 0 Å². The molecule has 0 saturated heterocycles. The Morgan fingerprint density at radius 2 is 0.769 bits per heavy atom. The Hall–Kier alpha value is -2.89. The minimum atomic E-state index is -2.15. The van der Waals surface area contributed by atoms with Crippen LogP contribution >= 0.6 is 7.80 Å². The molecule has 0 aliphatic heterocycles. The molecule has 0 N–H and O–H groups in total. The summed E-state index contributed by atoms with van der Waals surface area (Å²) in [6.45, 7) is 0. The normalized spacial score (nSPS) is 10.8. The van der Waals surface area contributed by atoms with Crippen LogP contribution in [0.4, 0.5) is 0 Å². The molecule has 26 heavy (non-hydrogen) atoms. The maximum absolute atomic E-state index is 13.6. The largest absolute Gasteiger partial charge is 0.317 e. The fourth-order valence-corrected chi connectivity index (χ4v) is 4.98. The van der Waals surface area contributed by atoms with E-state index in [1.54, 1.807) is 0 Å². The van der Waals surface area contributed by atoms with Gasteiger partial charge in [0.2, 0.25) is 0 Å². The molecular weight excluding hydrogens is 335 g/mol. The third-order valence-electron chi connectivity index (χ3n) is 4.51. The zero-order valence-electron chi connectivity index (χ0n) is 14.3. The van der Waals surface area contributed by atoms with Crippen molar-refractivity contribution in [1.82, 2.24) is 0 Å². The van der Waals surface area contributed by atoms with Crippen LogP contribution in [0.25, 0.3) is 22.3 Å². The number of rotatable bonds is 4. The van der Waals surface area contributed by atoms with Gasteiger partial charge in [0, 0.05) is 10.6 Å². The van der Waals surface area contributed by atoms with Crippen LogP contribution in [0, 0.1) is 0 Å². The molecule has 0 aromatic heterocycles. The van der Waals surface area contributed by atoms with Crippen molar-refractivity contribution in [2.24, 2.45) is 0 Å². The molecule has 0 amide bonds. The zero-order chi connectivity index (χ0) is 17.8. The average molecular weight is 354 g/mol. The highest BCUT2D eigenvalue weighted by Gasteiger charge is 2.16. The summed E-state index contributed by atoms with van der Waals surface area (Å²) < 4.78 is 13.6. The SMILES string of the molecule is O=[PH](c1ccccc1-c1ccccc1)c1ccccc1-c1ccccc1. The van der Waals surface area contributed by atoms with Gasteiger partial charge in [0.1, 0.15) is 7.80 Å². The summed E-state index contributed by atoms with van der Waals surface area (Å²) in [4.78, 5) is 0. The highest BCUT2D eigenvalue weighted by atomic mass is 31.1. The van der Waals surface area contributed by atoms with E-state index in [1.165, 1.54) is 0 Å². The van der Waals surface area contributed by atoms with E-state index in [2.05, 4.69) is 36.4 Å². The summed E-state index contributed by atoms with van der Waals surface area (Å²) in [5.41, 5.74) is 4.27. The first-order valence-corrected chi connectivity index (χ1v) is 10.1. The van der Waals surface area contributed by atoms with E-state index >= 15 is 0 Å². The third kappa shape index (κ3) is 3.27. The molecule has 2 heteroatoms. The van der Waals surface area contributed by atoms with E-state index in [1.807, 2.05) is 72.8 Å². The van der Waals surface area contributed by atoms with E-state index in [-0.39, 0.29) is 0 Å². The van der Waals surface area contributed by atoms with Gasteiger partial charge in [-0.25, -0.2) is 0 Å². The van der Waals surface area contributed by atoms with Crippen LogP contribution < -0.4 is 10.6 Å². The van der Waals surface area contributed by atoms with Crippen LogP contribution in [0.5, 0.6) is 0 Å². The summed E-state index contributed by atoms with van der Waals surface area (Å²) in [5.74, 6) is 0. The van der Waals surface area contributed by atoms with E-state index in [0.717, 1.165) is 32.9 Å². The molecule has 0 fully saturated rings. The lowest BCUT2D eigenvalue weighted by molar-refractivity contribution is 0.598. The van der Waals surface area contributed by atoms with Gasteiger partial charge in [-0.1, -0.05) is 109 Å². The Bertz CT molecular complexity index is 955. The number of hydrogen-bond acceptors (Lipinski definition) is 1. The summed E-state index contributed by atoms with van der Waals surface area (Å²) in [6, 6.07) is 36.4. The Morgan fingerprint density at radius 1 is 0.423 bits per heavy atom. The van der Waals surface area contributed by atoms with Crippen molar-refractivity contribution in [3.05, 3.63) is 109 Å². The summed E-state index contributed by atoms with van der Waals surface area (Å²) >= 11 is 0. The average Bonchev–Trinajstić information content (AvgIpc) is 2.74. The van der Waals surface area contributed by atoms with Gasteiger partial charge in [-0.2, -0.15) is 0 Å². The van der Waals surface area contributed by atoms with Crippen molar-refractivity contribution < 1.29 is 4.57 Å². The molecule has 0 radical (unpaired) electrons. The molecule has 126 valence electrons. The van der Waals surface area contributed by atoms with E-state index < -0.39 is 7.80 Å². The highest BCUT2D eigenvalue weighted by Crippen LogP contribution is 2.31. The second kappa shape index (κ2) is 7.56. The molecule has 0 saturated carbocycles. The lowest BCUT2D eigenvalue weighted by Gasteiger charge is -2.13. The fraction of sp³-hybridized carbons (Fsp3) is 0. The Kier molecular flexibility index (Phi) is 4.82. The van der Waals surface area contributed by atoms with Crippen molar-refractivity contribution >= 4 is 18.4 Å². The van der Waals surface area contributed by atoms with E-state index in [9.17, 15) is 4.57 Å². The van der Waals surface area contributed by atoms with E-state index in [0.29, 0.717) is 0 Å². The van der Waals surface area contributed by atoms with Gasteiger partial charge in [-0.3, -0.25) is 0 Å². The minimum Gasteiger partial charge on any atom is -0.317 e. The fourth-order valence-electron chi connectivity index (χ4n) is 3.25. The molecule has 0 aliphatic carbocycles. The molecule has 0 heterocycles. The maximum atomic E-state index is 13.6. The lowest BCUT2D eigenvalue weighted by Crippen LogP contribution is -2.11. The van der Waals surface area contributed by atoms with Crippen LogP contribution in [-0.2, 0) is 4.57 Å². The molecule has 4 aromatic rings. The molecular formula is C24H19OP. The molecule has 0 unspecified atom stereocenters. The molecule has 0 aliphatic rings. The molecule has 0 bridgehead atoms. The minimum absolute atomic E-state index is 0.909. The predicted octanol–water partition coefficient (Wildman–Crippen LogP) is 5.53. The molecule has 0 spiro atoms. The molecule has 0 atom stereocenters. The Morgan fingerprint density at radius 3 is 1.19 bits per heavy atom. The summed E-state index contributed by atoms with van der Waals surface area (Å²) in [6.07, 6.45) is 0. The van der Waals surface area contributed by atoms with Crippen molar-refractivity contribution in [3.8, 4) is 22.3 Å². The second-order valence-electron chi connectivity index (χ2n) is 6.15. The van der Waals surface area contributed by atoms with Gasteiger partial charge in [0.25, 0.3) is 0 Å². The van der Waals surface area contributed by atoms with Crippen LogP contribution in [0.15, 0.2) is 109 Å². The zero-order valence-corrected chi connectivity index (χ0v) is 15.3. The van der Waals surface area contributed by atoms with Crippen LogP contribution in [0.1, 0.15) is 0 Å². The summed E-state index contributed by atoms with van der Waals surface area (Å²) in [7, 11) is -2.15. The van der Waals surface area contributed by atoms with Crippen molar-refractivity contribution in [3.63, 3.8) is 0 Å². The van der Waals surface area contributed by atoms with Gasteiger partial charge in [0.15, 0.2) is 0 Å². The third-order valence-corrected chi connectivity index (χ3v) is 6.36. The number of benzene rings is 4. The van der Waals surface area contributed by atoms with Crippen molar-refractivity contribution in [1.29, 1.82) is 0 Å². The monoisotopic (exact) mass is 354 g/mol. The standard InChI is InChI=1S/C24H19OP/c25-26(23-17-9-7-15-21(23)19-11-3-1-4-12-19)24-18-10-8-16-22(24)20-13-5-2-6-14-20/h1-18,26H. The first-order chi connectivity index (χ1) is 12.8. The molecule has 4 rings (SSSR count). The Labute approximate surface area is 154 Å².